The highest BCUT2D eigenvalue weighted by molar-refractivity contribution is 6.09. The molecular formula is C25H29N3O3. The predicted octanol–water partition coefficient (Wildman–Crippen LogP) is 3.52. The Labute approximate surface area is 183 Å². The van der Waals surface area contributed by atoms with E-state index in [0.717, 1.165) is 36.1 Å². The zero-order valence-electron chi connectivity index (χ0n) is 17.7. The lowest BCUT2D eigenvalue weighted by Gasteiger charge is -2.27. The molecule has 0 bridgehead atoms. The number of benzene rings is 2. The summed E-state index contributed by atoms with van der Waals surface area (Å²) in [4.78, 5) is 40.2. The predicted molar refractivity (Wildman–Crippen MR) is 118 cm³/mol. The molecule has 0 aromatic heterocycles. The number of hydrogen-bond donors (Lipinski definition) is 2. The highest BCUT2D eigenvalue weighted by Crippen LogP contribution is 2.33. The summed E-state index contributed by atoms with van der Waals surface area (Å²) in [6.07, 6.45) is 6.81. The van der Waals surface area contributed by atoms with Gasteiger partial charge >= 0.3 is 6.03 Å². The average Bonchev–Trinajstić information content (AvgIpc) is 2.96. The van der Waals surface area contributed by atoms with Gasteiger partial charge in [0.25, 0.3) is 5.91 Å². The van der Waals surface area contributed by atoms with Crippen molar-refractivity contribution < 1.29 is 14.4 Å². The second-order valence-electron chi connectivity index (χ2n) is 8.51. The standard InChI is InChI=1S/C25H29N3O3/c29-22(26-21-15-9-1-2-10-16-21)18-28-23(30)25(27-24(28)31,20-13-7-4-8-14-20)17-19-11-5-3-6-12-19/h3-8,11-14,21H,1-2,9-10,15-18H2,(H,26,29)(H,27,31). The van der Waals surface area contributed by atoms with Crippen LogP contribution in [0.5, 0.6) is 0 Å². The maximum atomic E-state index is 13.6. The van der Waals surface area contributed by atoms with Crippen molar-refractivity contribution in [2.75, 3.05) is 6.54 Å². The molecule has 2 aromatic rings. The Morgan fingerprint density at radius 2 is 1.55 bits per heavy atom. The van der Waals surface area contributed by atoms with Crippen LogP contribution in [0.4, 0.5) is 4.79 Å². The normalized spacial score (nSPS) is 22.1. The molecule has 1 saturated carbocycles. The zero-order chi connectivity index (χ0) is 21.7. The lowest BCUT2D eigenvalue weighted by molar-refractivity contribution is -0.135. The number of amides is 4. The van der Waals surface area contributed by atoms with Crippen LogP contribution in [0.15, 0.2) is 60.7 Å². The third kappa shape index (κ3) is 4.63. The fourth-order valence-electron chi connectivity index (χ4n) is 4.65. The summed E-state index contributed by atoms with van der Waals surface area (Å²) in [6.45, 7) is -0.259. The summed E-state index contributed by atoms with van der Waals surface area (Å²) in [5.74, 6) is -0.664. The smallest absolute Gasteiger partial charge is 0.325 e. The molecule has 162 valence electrons. The van der Waals surface area contributed by atoms with Crippen molar-refractivity contribution in [1.29, 1.82) is 0 Å². The van der Waals surface area contributed by atoms with E-state index in [1.807, 2.05) is 60.7 Å². The Hall–Kier alpha value is -3.15. The van der Waals surface area contributed by atoms with E-state index < -0.39 is 11.6 Å². The summed E-state index contributed by atoms with van der Waals surface area (Å²) in [5, 5.41) is 5.94. The maximum Gasteiger partial charge on any atom is 0.325 e. The van der Waals surface area contributed by atoms with Gasteiger partial charge in [0.05, 0.1) is 0 Å². The summed E-state index contributed by atoms with van der Waals surface area (Å²) in [5.41, 5.74) is 0.427. The molecule has 6 heteroatoms. The van der Waals surface area contributed by atoms with Crippen LogP contribution in [0.3, 0.4) is 0 Å². The summed E-state index contributed by atoms with van der Waals surface area (Å²) in [6, 6.07) is 18.5. The lowest BCUT2D eigenvalue weighted by Crippen LogP contribution is -2.47. The van der Waals surface area contributed by atoms with Crippen LogP contribution in [0.2, 0.25) is 0 Å². The topological polar surface area (TPSA) is 78.5 Å². The van der Waals surface area contributed by atoms with Gasteiger partial charge in [0.1, 0.15) is 6.54 Å². The van der Waals surface area contributed by atoms with Crippen LogP contribution in [-0.4, -0.2) is 35.3 Å². The first-order valence-corrected chi connectivity index (χ1v) is 11.1. The second kappa shape index (κ2) is 9.33. The SMILES string of the molecule is O=C(CN1C(=O)NC(Cc2ccccc2)(c2ccccc2)C1=O)NC1CCCCCC1. The van der Waals surface area contributed by atoms with E-state index in [9.17, 15) is 14.4 Å². The first-order valence-electron chi connectivity index (χ1n) is 11.1. The molecular weight excluding hydrogens is 390 g/mol. The van der Waals surface area contributed by atoms with Gasteiger partial charge < -0.3 is 10.6 Å². The third-order valence-electron chi connectivity index (χ3n) is 6.28. The fourth-order valence-corrected chi connectivity index (χ4v) is 4.65. The molecule has 2 aliphatic rings. The summed E-state index contributed by atoms with van der Waals surface area (Å²) >= 11 is 0. The van der Waals surface area contributed by atoms with Crippen molar-refractivity contribution >= 4 is 17.8 Å². The molecule has 1 aliphatic carbocycles. The Bertz CT molecular complexity index is 924. The van der Waals surface area contributed by atoms with Gasteiger partial charge in [-0.05, 0) is 24.0 Å². The van der Waals surface area contributed by atoms with Crippen molar-refractivity contribution in [1.82, 2.24) is 15.5 Å². The number of nitrogens with one attached hydrogen (secondary N) is 2. The van der Waals surface area contributed by atoms with Crippen LogP contribution >= 0.6 is 0 Å². The van der Waals surface area contributed by atoms with E-state index in [1.54, 1.807) is 0 Å². The minimum absolute atomic E-state index is 0.124. The average molecular weight is 420 g/mol. The minimum atomic E-state index is -1.22. The van der Waals surface area contributed by atoms with E-state index in [2.05, 4.69) is 10.6 Å². The number of rotatable bonds is 6. The highest BCUT2D eigenvalue weighted by atomic mass is 16.2. The van der Waals surface area contributed by atoms with E-state index >= 15 is 0 Å². The van der Waals surface area contributed by atoms with Crippen LogP contribution in [0.1, 0.15) is 49.7 Å². The first-order chi connectivity index (χ1) is 15.1. The maximum absolute atomic E-state index is 13.6. The molecule has 0 spiro atoms. The third-order valence-corrected chi connectivity index (χ3v) is 6.28. The minimum Gasteiger partial charge on any atom is -0.352 e. The van der Waals surface area contributed by atoms with Gasteiger partial charge in [0.15, 0.2) is 5.54 Å². The molecule has 1 saturated heterocycles. The quantitative estimate of drug-likeness (QED) is 0.556. The Morgan fingerprint density at radius 1 is 0.935 bits per heavy atom. The summed E-state index contributed by atoms with van der Waals surface area (Å²) in [7, 11) is 0. The van der Waals surface area contributed by atoms with E-state index in [4.69, 9.17) is 0 Å². The number of nitrogens with zero attached hydrogens (tertiary/aromatic N) is 1. The monoisotopic (exact) mass is 419 g/mol. The molecule has 4 rings (SSSR count). The number of imide groups is 1. The van der Waals surface area contributed by atoms with Crippen molar-refractivity contribution in [2.45, 2.75) is 56.5 Å². The number of carbonyl (C=O) groups is 3. The molecule has 2 N–H and O–H groups in total. The lowest BCUT2D eigenvalue weighted by atomic mass is 9.83. The Morgan fingerprint density at radius 3 is 2.19 bits per heavy atom. The van der Waals surface area contributed by atoms with Crippen molar-refractivity contribution in [3.8, 4) is 0 Å². The van der Waals surface area contributed by atoms with Crippen LogP contribution < -0.4 is 10.6 Å². The van der Waals surface area contributed by atoms with Gasteiger partial charge in [0, 0.05) is 12.5 Å². The molecule has 6 nitrogen and oxygen atoms in total. The van der Waals surface area contributed by atoms with Crippen molar-refractivity contribution in [2.24, 2.45) is 0 Å². The van der Waals surface area contributed by atoms with E-state index in [-0.39, 0.29) is 24.4 Å². The first kappa shape index (κ1) is 21.1. The molecule has 2 aromatic carbocycles. The van der Waals surface area contributed by atoms with Gasteiger partial charge in [-0.15, -0.1) is 0 Å². The highest BCUT2D eigenvalue weighted by Gasteiger charge is 2.52. The van der Waals surface area contributed by atoms with Gasteiger partial charge in [-0.3, -0.25) is 14.5 Å². The van der Waals surface area contributed by atoms with Gasteiger partial charge in [0.2, 0.25) is 5.91 Å². The van der Waals surface area contributed by atoms with E-state index in [0.29, 0.717) is 12.0 Å². The van der Waals surface area contributed by atoms with Crippen LogP contribution in [0, 0.1) is 0 Å². The van der Waals surface area contributed by atoms with E-state index in [1.165, 1.54) is 12.8 Å². The Kier molecular flexibility index (Phi) is 6.35. The zero-order valence-corrected chi connectivity index (χ0v) is 17.7. The fraction of sp³-hybridized carbons (Fsp3) is 0.400. The molecule has 31 heavy (non-hydrogen) atoms. The number of carbonyl (C=O) groups excluding carboxylic acids is 3. The molecule has 2 fully saturated rings. The van der Waals surface area contributed by atoms with Crippen molar-refractivity contribution in [3.05, 3.63) is 71.8 Å². The molecule has 1 atom stereocenters. The number of urea groups is 1. The second-order valence-corrected chi connectivity index (χ2v) is 8.51. The Balaban J connectivity index is 1.54. The number of hydrogen-bond acceptors (Lipinski definition) is 3. The summed E-state index contributed by atoms with van der Waals surface area (Å²) < 4.78 is 0. The molecule has 1 aliphatic heterocycles. The van der Waals surface area contributed by atoms with Crippen LogP contribution in [0.25, 0.3) is 0 Å². The molecule has 0 radical (unpaired) electrons. The van der Waals surface area contributed by atoms with Gasteiger partial charge in [-0.1, -0.05) is 86.3 Å². The molecule has 4 amide bonds. The largest absolute Gasteiger partial charge is 0.352 e. The molecule has 1 heterocycles. The van der Waals surface area contributed by atoms with Crippen LogP contribution in [-0.2, 0) is 21.5 Å². The van der Waals surface area contributed by atoms with Gasteiger partial charge in [-0.2, -0.15) is 0 Å². The van der Waals surface area contributed by atoms with Crippen molar-refractivity contribution in [3.63, 3.8) is 0 Å². The van der Waals surface area contributed by atoms with Gasteiger partial charge in [-0.25, -0.2) is 4.79 Å². The molecule has 1 unspecified atom stereocenters.